The number of para-hydroxylation sites is 1. The molecule has 2 aromatic heterocycles. The Morgan fingerprint density at radius 1 is 1.06 bits per heavy atom. The minimum atomic E-state index is -3.15. The van der Waals surface area contributed by atoms with Crippen LogP contribution in [0, 0.1) is 0 Å². The Labute approximate surface area is 185 Å². The summed E-state index contributed by atoms with van der Waals surface area (Å²) in [7, 11) is -3.15. The van der Waals surface area contributed by atoms with E-state index in [-0.39, 0.29) is 24.0 Å². The molecule has 7 nitrogen and oxygen atoms in total. The van der Waals surface area contributed by atoms with Crippen LogP contribution in [0.5, 0.6) is 5.75 Å². The lowest BCUT2D eigenvalue weighted by Gasteiger charge is -2.28. The van der Waals surface area contributed by atoms with Gasteiger partial charge in [-0.2, -0.15) is 0 Å². The Balaban J connectivity index is 1.37. The molecule has 164 valence electrons. The minimum absolute atomic E-state index is 0.0406. The van der Waals surface area contributed by atoms with E-state index in [4.69, 9.17) is 13.6 Å². The maximum Gasteiger partial charge on any atom is 0.265 e. The molecule has 1 fully saturated rings. The smallest absolute Gasteiger partial charge is 0.265 e. The molecule has 8 heteroatoms. The molecule has 0 spiro atoms. The normalized spacial score (nSPS) is 17.4. The number of fused-ring (bicyclic) bond motifs is 1. The SMILES string of the molecule is O=C(COc1ccc2occ(-c3ccco3)c2c1)N(c1ccccc1)[C@@H]1CCS(=O)(=O)C1. The van der Waals surface area contributed by atoms with Gasteiger partial charge in [-0.15, -0.1) is 0 Å². The van der Waals surface area contributed by atoms with Crippen molar-refractivity contribution in [3.63, 3.8) is 0 Å². The first-order chi connectivity index (χ1) is 15.5. The van der Waals surface area contributed by atoms with Gasteiger partial charge in [0.15, 0.2) is 16.4 Å². The molecular formula is C24H21NO6S. The summed E-state index contributed by atoms with van der Waals surface area (Å²) in [5, 5.41) is 0.812. The van der Waals surface area contributed by atoms with Crippen molar-refractivity contribution in [2.45, 2.75) is 12.5 Å². The molecule has 1 aliphatic rings. The summed E-state index contributed by atoms with van der Waals surface area (Å²) >= 11 is 0. The fraction of sp³-hybridized carbons (Fsp3) is 0.208. The van der Waals surface area contributed by atoms with Gasteiger partial charge in [0.05, 0.1) is 29.4 Å². The number of benzene rings is 2. The molecule has 0 radical (unpaired) electrons. The molecule has 1 amide bonds. The zero-order valence-electron chi connectivity index (χ0n) is 17.1. The zero-order valence-corrected chi connectivity index (χ0v) is 18.0. The maximum atomic E-state index is 13.2. The summed E-state index contributed by atoms with van der Waals surface area (Å²) in [4.78, 5) is 14.7. The second-order valence-electron chi connectivity index (χ2n) is 7.73. The molecule has 0 unspecified atom stereocenters. The van der Waals surface area contributed by atoms with Gasteiger partial charge in [0, 0.05) is 11.1 Å². The number of amides is 1. The van der Waals surface area contributed by atoms with E-state index in [1.54, 1.807) is 53.8 Å². The number of carbonyl (C=O) groups is 1. The van der Waals surface area contributed by atoms with Crippen LogP contribution in [0.25, 0.3) is 22.3 Å². The molecule has 1 atom stereocenters. The standard InChI is InChI=1S/C24H21NO6S/c26-24(25(17-5-2-1-3-6-17)18-10-12-32(27,28)16-18)15-30-19-8-9-23-20(13-19)21(14-31-23)22-7-4-11-29-22/h1-9,11,13-14,18H,10,12,15-16H2/t18-/m1/s1. The summed E-state index contributed by atoms with van der Waals surface area (Å²) in [6, 6.07) is 17.7. The lowest BCUT2D eigenvalue weighted by Crippen LogP contribution is -2.43. The summed E-state index contributed by atoms with van der Waals surface area (Å²) in [6.45, 7) is -0.217. The molecule has 0 N–H and O–H groups in total. The fourth-order valence-corrected chi connectivity index (χ4v) is 5.76. The van der Waals surface area contributed by atoms with E-state index >= 15 is 0 Å². The molecule has 4 aromatic rings. The van der Waals surface area contributed by atoms with E-state index in [2.05, 4.69) is 0 Å². The van der Waals surface area contributed by atoms with Crippen molar-refractivity contribution < 1.29 is 26.8 Å². The first-order valence-electron chi connectivity index (χ1n) is 10.3. The van der Waals surface area contributed by atoms with E-state index in [0.717, 1.165) is 10.9 Å². The van der Waals surface area contributed by atoms with Crippen LogP contribution in [-0.4, -0.2) is 38.5 Å². The number of hydrogen-bond donors (Lipinski definition) is 0. The molecule has 1 saturated heterocycles. The summed E-state index contributed by atoms with van der Waals surface area (Å²) in [5.41, 5.74) is 2.13. The van der Waals surface area contributed by atoms with Crippen LogP contribution < -0.4 is 9.64 Å². The molecule has 5 rings (SSSR count). The van der Waals surface area contributed by atoms with E-state index in [9.17, 15) is 13.2 Å². The molecule has 3 heterocycles. The molecule has 0 aliphatic carbocycles. The average molecular weight is 452 g/mol. The third kappa shape index (κ3) is 4.01. The number of carbonyl (C=O) groups excluding carboxylic acids is 1. The van der Waals surface area contributed by atoms with Gasteiger partial charge in [-0.25, -0.2) is 8.42 Å². The van der Waals surface area contributed by atoms with Gasteiger partial charge in [-0.05, 0) is 48.9 Å². The van der Waals surface area contributed by atoms with E-state index in [0.29, 0.717) is 29.2 Å². The van der Waals surface area contributed by atoms with Crippen molar-refractivity contribution in [3.8, 4) is 17.1 Å². The van der Waals surface area contributed by atoms with Crippen LogP contribution in [0.2, 0.25) is 0 Å². The van der Waals surface area contributed by atoms with Crippen LogP contribution in [0.3, 0.4) is 0 Å². The van der Waals surface area contributed by atoms with Crippen molar-refractivity contribution in [2.24, 2.45) is 0 Å². The number of hydrogen-bond acceptors (Lipinski definition) is 6. The monoisotopic (exact) mass is 451 g/mol. The first kappa shape index (κ1) is 20.4. The lowest BCUT2D eigenvalue weighted by atomic mass is 10.1. The van der Waals surface area contributed by atoms with Crippen LogP contribution in [0.15, 0.2) is 82.0 Å². The van der Waals surface area contributed by atoms with Gasteiger partial charge in [-0.1, -0.05) is 18.2 Å². The lowest BCUT2D eigenvalue weighted by molar-refractivity contribution is -0.121. The third-order valence-electron chi connectivity index (χ3n) is 5.57. The van der Waals surface area contributed by atoms with Crippen LogP contribution in [0.4, 0.5) is 5.69 Å². The van der Waals surface area contributed by atoms with Gasteiger partial charge in [0.25, 0.3) is 5.91 Å². The molecule has 0 bridgehead atoms. The Morgan fingerprint density at radius 2 is 1.91 bits per heavy atom. The Kier molecular flexibility index (Phi) is 5.22. The molecule has 32 heavy (non-hydrogen) atoms. The second-order valence-corrected chi connectivity index (χ2v) is 9.96. The van der Waals surface area contributed by atoms with Crippen molar-refractivity contribution in [2.75, 3.05) is 23.0 Å². The minimum Gasteiger partial charge on any atom is -0.484 e. The summed E-state index contributed by atoms with van der Waals surface area (Å²) in [6.07, 6.45) is 3.63. The quantitative estimate of drug-likeness (QED) is 0.434. The van der Waals surface area contributed by atoms with Crippen LogP contribution in [-0.2, 0) is 14.6 Å². The molecule has 2 aromatic carbocycles. The molecular weight excluding hydrogens is 430 g/mol. The summed E-state index contributed by atoms with van der Waals surface area (Å²) in [5.74, 6) is 0.932. The topological polar surface area (TPSA) is 90.0 Å². The fourth-order valence-electron chi connectivity index (χ4n) is 4.06. The molecule has 0 saturated carbocycles. The Morgan fingerprint density at radius 3 is 2.62 bits per heavy atom. The van der Waals surface area contributed by atoms with Crippen LogP contribution >= 0.6 is 0 Å². The number of anilines is 1. The Bertz CT molecular complexity index is 1340. The van der Waals surface area contributed by atoms with Gasteiger partial charge in [0.2, 0.25) is 0 Å². The average Bonchev–Trinajstić information content (AvgIpc) is 3.53. The number of rotatable bonds is 6. The van der Waals surface area contributed by atoms with Crippen molar-refractivity contribution in [1.29, 1.82) is 0 Å². The number of sulfone groups is 1. The van der Waals surface area contributed by atoms with E-state index < -0.39 is 15.9 Å². The largest absolute Gasteiger partial charge is 0.484 e. The highest BCUT2D eigenvalue weighted by Crippen LogP contribution is 2.33. The van der Waals surface area contributed by atoms with E-state index in [1.807, 2.05) is 24.3 Å². The number of nitrogens with zero attached hydrogens (tertiary/aromatic N) is 1. The number of ether oxygens (including phenoxy) is 1. The number of furan rings is 2. The van der Waals surface area contributed by atoms with Gasteiger partial charge < -0.3 is 18.5 Å². The van der Waals surface area contributed by atoms with Crippen molar-refractivity contribution in [1.82, 2.24) is 0 Å². The third-order valence-corrected chi connectivity index (χ3v) is 7.32. The van der Waals surface area contributed by atoms with E-state index in [1.165, 1.54) is 0 Å². The van der Waals surface area contributed by atoms with Crippen molar-refractivity contribution in [3.05, 3.63) is 73.2 Å². The van der Waals surface area contributed by atoms with Gasteiger partial charge >= 0.3 is 0 Å². The second kappa shape index (κ2) is 8.20. The Hall–Kier alpha value is -3.52. The highest BCUT2D eigenvalue weighted by molar-refractivity contribution is 7.91. The summed E-state index contributed by atoms with van der Waals surface area (Å²) < 4.78 is 40.9. The predicted molar refractivity (Wildman–Crippen MR) is 120 cm³/mol. The highest BCUT2D eigenvalue weighted by Gasteiger charge is 2.35. The predicted octanol–water partition coefficient (Wildman–Crippen LogP) is 4.29. The molecule has 1 aliphatic heterocycles. The maximum absolute atomic E-state index is 13.2. The van der Waals surface area contributed by atoms with Gasteiger partial charge in [-0.3, -0.25) is 4.79 Å². The van der Waals surface area contributed by atoms with Gasteiger partial charge in [0.1, 0.15) is 23.4 Å². The van der Waals surface area contributed by atoms with Crippen molar-refractivity contribution >= 4 is 32.4 Å². The highest BCUT2D eigenvalue weighted by atomic mass is 32.2. The van der Waals surface area contributed by atoms with Crippen LogP contribution in [0.1, 0.15) is 6.42 Å². The first-order valence-corrected chi connectivity index (χ1v) is 12.1. The zero-order chi connectivity index (χ0) is 22.1.